The number of aromatic nitrogens is 2. The second-order valence-electron chi connectivity index (χ2n) is 6.70. The van der Waals surface area contributed by atoms with E-state index in [0.29, 0.717) is 28.6 Å². The van der Waals surface area contributed by atoms with Crippen LogP contribution in [0.4, 0.5) is 5.69 Å². The Kier molecular flexibility index (Phi) is 6.74. The van der Waals surface area contributed by atoms with E-state index in [-0.39, 0.29) is 24.1 Å². The fourth-order valence-electron chi connectivity index (χ4n) is 2.84. The molecule has 0 aliphatic heterocycles. The molecule has 8 heteroatoms. The number of hydrogen-bond acceptors (Lipinski definition) is 4. The smallest absolute Gasteiger partial charge is 0.273 e. The normalized spacial score (nSPS) is 10.5. The van der Waals surface area contributed by atoms with Gasteiger partial charge in [0.05, 0.1) is 10.7 Å². The maximum Gasteiger partial charge on any atom is 0.273 e. The van der Waals surface area contributed by atoms with Gasteiger partial charge in [0.15, 0.2) is 5.69 Å². The van der Waals surface area contributed by atoms with Gasteiger partial charge in [-0.2, -0.15) is 5.10 Å². The Labute approximate surface area is 180 Å². The average molecular weight is 427 g/mol. The predicted octanol–water partition coefficient (Wildman–Crippen LogP) is 4.06. The first-order valence-corrected chi connectivity index (χ1v) is 9.87. The average Bonchev–Trinajstić information content (AvgIpc) is 3.16. The van der Waals surface area contributed by atoms with E-state index in [2.05, 4.69) is 15.7 Å². The van der Waals surface area contributed by atoms with E-state index < -0.39 is 0 Å². The van der Waals surface area contributed by atoms with Crippen LogP contribution in [0.2, 0.25) is 5.02 Å². The highest BCUT2D eigenvalue weighted by Crippen LogP contribution is 2.26. The number of nitrogens with one attached hydrogen (secondary N) is 2. The molecule has 0 fully saturated rings. The van der Waals surface area contributed by atoms with E-state index in [1.807, 2.05) is 32.0 Å². The zero-order valence-electron chi connectivity index (χ0n) is 17.0. The lowest BCUT2D eigenvalue weighted by Crippen LogP contribution is -2.21. The molecule has 0 aliphatic rings. The quantitative estimate of drug-likeness (QED) is 0.596. The molecule has 156 valence electrons. The third-order valence-corrected chi connectivity index (χ3v) is 4.76. The first-order chi connectivity index (χ1) is 14.4. The molecule has 30 heavy (non-hydrogen) atoms. The van der Waals surface area contributed by atoms with Crippen molar-refractivity contribution in [3.8, 4) is 5.75 Å². The van der Waals surface area contributed by atoms with Crippen LogP contribution in [-0.4, -0.2) is 28.6 Å². The molecule has 0 spiro atoms. The van der Waals surface area contributed by atoms with Gasteiger partial charge < -0.3 is 15.4 Å². The SMILES string of the molecule is CCn1cc(NC(=O)c2cccc(COc3cc(C)ccc3Cl)c2)c(C(=O)NC)n1. The topological polar surface area (TPSA) is 85.2 Å². The van der Waals surface area contributed by atoms with Crippen LogP contribution in [0.3, 0.4) is 0 Å². The summed E-state index contributed by atoms with van der Waals surface area (Å²) in [7, 11) is 1.52. The molecule has 7 nitrogen and oxygen atoms in total. The molecule has 2 N–H and O–H groups in total. The van der Waals surface area contributed by atoms with Gasteiger partial charge in [-0.15, -0.1) is 0 Å². The summed E-state index contributed by atoms with van der Waals surface area (Å²) in [6.45, 7) is 4.70. The van der Waals surface area contributed by atoms with Gasteiger partial charge in [0, 0.05) is 25.4 Å². The van der Waals surface area contributed by atoms with Crippen LogP contribution in [0.15, 0.2) is 48.7 Å². The lowest BCUT2D eigenvalue weighted by molar-refractivity contribution is 0.0958. The Morgan fingerprint density at radius 1 is 1.17 bits per heavy atom. The maximum atomic E-state index is 12.8. The third-order valence-electron chi connectivity index (χ3n) is 4.45. The van der Waals surface area contributed by atoms with Crippen molar-refractivity contribution in [1.29, 1.82) is 0 Å². The molecule has 1 aromatic heterocycles. The molecule has 2 aromatic carbocycles. The minimum absolute atomic E-state index is 0.168. The Hall–Kier alpha value is -3.32. The maximum absolute atomic E-state index is 12.8. The zero-order chi connectivity index (χ0) is 21.7. The molecule has 0 saturated heterocycles. The van der Waals surface area contributed by atoms with Gasteiger partial charge in [-0.25, -0.2) is 0 Å². The lowest BCUT2D eigenvalue weighted by Gasteiger charge is -2.10. The fourth-order valence-corrected chi connectivity index (χ4v) is 3.01. The van der Waals surface area contributed by atoms with E-state index in [9.17, 15) is 9.59 Å². The highest BCUT2D eigenvalue weighted by atomic mass is 35.5. The number of anilines is 1. The van der Waals surface area contributed by atoms with E-state index >= 15 is 0 Å². The van der Waals surface area contributed by atoms with E-state index in [0.717, 1.165) is 11.1 Å². The minimum atomic E-state index is -0.366. The molecule has 0 bridgehead atoms. The first-order valence-electron chi connectivity index (χ1n) is 9.50. The summed E-state index contributed by atoms with van der Waals surface area (Å²) in [5, 5.41) is 10.0. The monoisotopic (exact) mass is 426 g/mol. The number of amides is 2. The van der Waals surface area contributed by atoms with Crippen molar-refractivity contribution in [2.45, 2.75) is 27.0 Å². The van der Waals surface area contributed by atoms with E-state index in [1.165, 1.54) is 7.05 Å². The molecule has 3 aromatic rings. The second kappa shape index (κ2) is 9.45. The van der Waals surface area contributed by atoms with Gasteiger partial charge in [-0.05, 0) is 49.2 Å². The number of ether oxygens (including phenoxy) is 1. The van der Waals surface area contributed by atoms with Crippen LogP contribution >= 0.6 is 11.6 Å². The standard InChI is InChI=1S/C22H23ClN4O3/c1-4-27-12-18(20(26-27)22(29)24-3)25-21(28)16-7-5-6-15(11-16)13-30-19-10-14(2)8-9-17(19)23/h5-12H,4,13H2,1-3H3,(H,24,29)(H,25,28). The summed E-state index contributed by atoms with van der Waals surface area (Å²) >= 11 is 6.17. The van der Waals surface area contributed by atoms with Gasteiger partial charge in [-0.3, -0.25) is 14.3 Å². The van der Waals surface area contributed by atoms with Crippen molar-refractivity contribution in [2.75, 3.05) is 12.4 Å². The van der Waals surface area contributed by atoms with Crippen LogP contribution < -0.4 is 15.4 Å². The Bertz CT molecular complexity index is 1080. The largest absolute Gasteiger partial charge is 0.487 e. The van der Waals surface area contributed by atoms with Gasteiger partial charge in [0.1, 0.15) is 12.4 Å². The molecule has 2 amide bonds. The summed E-state index contributed by atoms with van der Waals surface area (Å²) in [6, 6.07) is 12.6. The predicted molar refractivity (Wildman–Crippen MR) is 116 cm³/mol. The summed E-state index contributed by atoms with van der Waals surface area (Å²) in [6.07, 6.45) is 1.63. The number of carbonyl (C=O) groups is 2. The van der Waals surface area contributed by atoms with Gasteiger partial charge in [0.2, 0.25) is 0 Å². The van der Waals surface area contributed by atoms with Crippen molar-refractivity contribution in [1.82, 2.24) is 15.1 Å². The fraction of sp³-hybridized carbons (Fsp3) is 0.227. The Morgan fingerprint density at radius 2 is 1.97 bits per heavy atom. The van der Waals surface area contributed by atoms with Crippen molar-refractivity contribution in [3.63, 3.8) is 0 Å². The highest BCUT2D eigenvalue weighted by molar-refractivity contribution is 6.32. The molecular formula is C22H23ClN4O3. The number of halogens is 1. The molecule has 0 atom stereocenters. The second-order valence-corrected chi connectivity index (χ2v) is 7.11. The number of hydrogen-bond donors (Lipinski definition) is 2. The summed E-state index contributed by atoms with van der Waals surface area (Å²) in [5.74, 6) is -0.116. The molecule has 0 radical (unpaired) electrons. The lowest BCUT2D eigenvalue weighted by atomic mass is 10.1. The Morgan fingerprint density at radius 3 is 2.70 bits per heavy atom. The van der Waals surface area contributed by atoms with Gasteiger partial charge in [0.25, 0.3) is 11.8 Å². The number of rotatable bonds is 7. The zero-order valence-corrected chi connectivity index (χ0v) is 17.8. The number of aryl methyl sites for hydroxylation is 2. The van der Waals surface area contributed by atoms with E-state index in [4.69, 9.17) is 16.3 Å². The molecular weight excluding hydrogens is 404 g/mol. The van der Waals surface area contributed by atoms with Crippen LogP contribution in [0.5, 0.6) is 5.75 Å². The van der Waals surface area contributed by atoms with Crippen molar-refractivity contribution in [2.24, 2.45) is 0 Å². The minimum Gasteiger partial charge on any atom is -0.487 e. The first kappa shape index (κ1) is 21.4. The van der Waals surface area contributed by atoms with E-state index in [1.54, 1.807) is 35.1 Å². The van der Waals surface area contributed by atoms with Gasteiger partial charge >= 0.3 is 0 Å². The summed E-state index contributed by atoms with van der Waals surface area (Å²) < 4.78 is 7.40. The molecule has 0 unspecified atom stereocenters. The van der Waals surface area contributed by atoms with Crippen LogP contribution in [0, 0.1) is 6.92 Å². The van der Waals surface area contributed by atoms with Crippen molar-refractivity contribution < 1.29 is 14.3 Å². The third kappa shape index (κ3) is 4.99. The summed E-state index contributed by atoms with van der Waals surface area (Å²) in [5.41, 5.74) is 2.83. The van der Waals surface area contributed by atoms with Crippen LogP contribution in [-0.2, 0) is 13.2 Å². The summed E-state index contributed by atoms with van der Waals surface area (Å²) in [4.78, 5) is 24.8. The van der Waals surface area contributed by atoms with Crippen LogP contribution in [0.25, 0.3) is 0 Å². The number of carbonyl (C=O) groups excluding carboxylic acids is 2. The van der Waals surface area contributed by atoms with Crippen LogP contribution in [0.1, 0.15) is 38.9 Å². The highest BCUT2D eigenvalue weighted by Gasteiger charge is 2.18. The Balaban J connectivity index is 1.74. The molecule has 0 saturated carbocycles. The van der Waals surface area contributed by atoms with Crippen molar-refractivity contribution in [3.05, 3.63) is 76.1 Å². The molecule has 0 aliphatic carbocycles. The molecule has 1 heterocycles. The van der Waals surface area contributed by atoms with Crippen molar-refractivity contribution >= 4 is 29.1 Å². The number of benzene rings is 2. The molecule has 3 rings (SSSR count). The van der Waals surface area contributed by atoms with Gasteiger partial charge in [-0.1, -0.05) is 29.8 Å². The number of nitrogens with zero attached hydrogens (tertiary/aromatic N) is 2.